The average Bonchev–Trinajstić information content (AvgIpc) is 3.09. The minimum atomic E-state index is -5.70. The van der Waals surface area contributed by atoms with Gasteiger partial charge in [-0.2, -0.15) is 43.9 Å². The van der Waals surface area contributed by atoms with Crippen molar-refractivity contribution in [2.24, 2.45) is 35.5 Å². The van der Waals surface area contributed by atoms with Gasteiger partial charge in [0.2, 0.25) is 0 Å². The highest BCUT2D eigenvalue weighted by molar-refractivity contribution is 5.87. The molecule has 6 unspecified atom stereocenters. The highest BCUT2D eigenvalue weighted by Gasteiger charge is 2.88. The van der Waals surface area contributed by atoms with Crippen LogP contribution in [0.5, 0.6) is 0 Å². The van der Waals surface area contributed by atoms with E-state index in [0.717, 1.165) is 0 Å². The lowest BCUT2D eigenvalue weighted by Gasteiger charge is -2.67. The van der Waals surface area contributed by atoms with E-state index in [1.807, 2.05) is 0 Å². The Kier molecular flexibility index (Phi) is 10.6. The molecular formula is C39H48F10O10. The second kappa shape index (κ2) is 14.0. The number of ether oxygens (including phenoxy) is 7. The molecule has 0 aromatic carbocycles. The largest absolute Gasteiger partial charge is 0.456 e. The number of rotatable bonds is 7. The number of alkyl halides is 10. The third kappa shape index (κ3) is 6.16. The maximum atomic E-state index is 16.0. The van der Waals surface area contributed by atoms with Crippen LogP contribution < -0.4 is 0 Å². The number of carbonyl (C=O) groups is 2. The van der Waals surface area contributed by atoms with Crippen LogP contribution in [0.3, 0.4) is 0 Å². The molecule has 0 radical (unpaired) electrons. The van der Waals surface area contributed by atoms with Crippen LogP contribution in [0.4, 0.5) is 43.9 Å². The van der Waals surface area contributed by atoms with Crippen molar-refractivity contribution >= 4 is 11.9 Å². The van der Waals surface area contributed by atoms with E-state index >= 15 is 17.6 Å². The molecule has 10 fully saturated rings. The fraction of sp³-hybridized carbons (Fsp3) is 0.846. The first kappa shape index (κ1) is 44.5. The van der Waals surface area contributed by atoms with Crippen LogP contribution in [-0.2, 0) is 42.7 Å². The SMILES string of the molecule is C=C(C)C(=O)OC12CC3CC(C1)C1(OCOC(O)(C(F)(F)F)C1(F)F)C(C3)C2.C=C(C)C(=O)OC12CC3CC(C1)C1(OCOC(OCCC)(C(F)(F)F)C1(F)F)C(C3)C2. The Labute approximate surface area is 333 Å². The van der Waals surface area contributed by atoms with Crippen LogP contribution in [0, 0.1) is 35.5 Å². The first-order valence-electron chi connectivity index (χ1n) is 19.7. The number of hydrogen-bond acceptors (Lipinski definition) is 10. The Balaban J connectivity index is 0.000000180. The van der Waals surface area contributed by atoms with Crippen LogP contribution in [-0.4, -0.2) is 95.4 Å². The molecule has 1 N–H and O–H groups in total. The average molecular weight is 867 g/mol. The summed E-state index contributed by atoms with van der Waals surface area (Å²) in [5.74, 6) is -23.2. The zero-order valence-corrected chi connectivity index (χ0v) is 32.7. The van der Waals surface area contributed by atoms with E-state index in [9.17, 15) is 41.0 Å². The molecule has 8 bridgehead atoms. The molecule has 8 saturated carbocycles. The van der Waals surface area contributed by atoms with Gasteiger partial charge < -0.3 is 38.3 Å². The zero-order chi connectivity index (χ0) is 43.6. The molecule has 2 saturated heterocycles. The minimum absolute atomic E-state index is 0.0102. The van der Waals surface area contributed by atoms with Crippen LogP contribution in [0.15, 0.2) is 24.3 Å². The van der Waals surface area contributed by atoms with Gasteiger partial charge in [-0.3, -0.25) is 0 Å². The Bertz CT molecular complexity index is 1700. The molecule has 2 spiro atoms. The number of esters is 2. The van der Waals surface area contributed by atoms with Gasteiger partial charge in [-0.25, -0.2) is 9.59 Å². The third-order valence-corrected chi connectivity index (χ3v) is 14.2. The van der Waals surface area contributed by atoms with Crippen molar-refractivity contribution in [2.75, 3.05) is 20.2 Å². The lowest BCUT2D eigenvalue weighted by atomic mass is 9.46. The summed E-state index contributed by atoms with van der Waals surface area (Å²) >= 11 is 0. The first-order chi connectivity index (χ1) is 27.1. The van der Waals surface area contributed by atoms with E-state index in [-0.39, 0.29) is 80.8 Å². The first-order valence-corrected chi connectivity index (χ1v) is 19.7. The second-order valence-corrected chi connectivity index (χ2v) is 18.0. The topological polar surface area (TPSA) is 119 Å². The van der Waals surface area contributed by atoms with Crippen molar-refractivity contribution in [2.45, 2.75) is 150 Å². The summed E-state index contributed by atoms with van der Waals surface area (Å²) in [5, 5.41) is 9.89. The number of aliphatic hydroxyl groups is 1. The van der Waals surface area contributed by atoms with Gasteiger partial charge in [0.05, 0.1) is 6.61 Å². The van der Waals surface area contributed by atoms with Gasteiger partial charge in [0, 0.05) is 11.1 Å². The van der Waals surface area contributed by atoms with Crippen LogP contribution in [0.25, 0.3) is 0 Å². The summed E-state index contributed by atoms with van der Waals surface area (Å²) in [6.07, 6.45) is -9.18. The molecule has 0 aromatic heterocycles. The molecule has 2 heterocycles. The Morgan fingerprint density at radius 2 is 1.03 bits per heavy atom. The molecule has 20 heteroatoms. The monoisotopic (exact) mass is 866 g/mol. The predicted octanol–water partition coefficient (Wildman–Crippen LogP) is 8.06. The standard InChI is InChI=1S/C21H27F5O5.C18H21F5O5/c1-4-5-28-20(21(24,25)26)19(22,23)18(29-11-30-20)14-6-13-7-15(18)10-17(8-13,9-14)31-16(27)12(2)3;1-9(2)13(24)28-14-5-10-3-11(6-14)15(12(4-10)7-14)16(19,20)17(25,18(21,22)23)27-8-26-15/h13-15H,2,4-11H2,1,3H3;10-12,25H,1,3-8H2,2H3. The second-order valence-electron chi connectivity index (χ2n) is 18.0. The normalized spacial score (nSPS) is 44.8. The minimum Gasteiger partial charge on any atom is -0.456 e. The van der Waals surface area contributed by atoms with E-state index in [4.69, 9.17) is 23.7 Å². The smallest absolute Gasteiger partial charge is 0.450 e. The van der Waals surface area contributed by atoms with Crippen LogP contribution in [0.1, 0.15) is 91.4 Å². The molecular weight excluding hydrogens is 818 g/mol. The zero-order valence-electron chi connectivity index (χ0n) is 32.7. The van der Waals surface area contributed by atoms with Gasteiger partial charge in [0.25, 0.3) is 0 Å². The third-order valence-electron chi connectivity index (χ3n) is 14.2. The van der Waals surface area contributed by atoms with E-state index in [1.54, 1.807) is 0 Å². The number of carbonyl (C=O) groups excluding carboxylic acids is 2. The van der Waals surface area contributed by atoms with Gasteiger partial charge in [-0.1, -0.05) is 20.1 Å². The maximum absolute atomic E-state index is 16.0. The van der Waals surface area contributed by atoms with Crippen LogP contribution in [0.2, 0.25) is 0 Å². The van der Waals surface area contributed by atoms with Crippen molar-refractivity contribution in [3.63, 3.8) is 0 Å². The van der Waals surface area contributed by atoms with E-state index in [2.05, 4.69) is 22.6 Å². The molecule has 10 nitrogen and oxygen atoms in total. The van der Waals surface area contributed by atoms with Gasteiger partial charge >= 0.3 is 47.7 Å². The fourth-order valence-electron chi connectivity index (χ4n) is 12.4. The van der Waals surface area contributed by atoms with E-state index < -0.39 is 114 Å². The number of hydrogen-bond donors (Lipinski definition) is 1. The Hall–Kier alpha value is -2.52. The Morgan fingerprint density at radius 1 is 0.644 bits per heavy atom. The molecule has 334 valence electrons. The van der Waals surface area contributed by atoms with E-state index in [1.165, 1.54) is 20.8 Å². The van der Waals surface area contributed by atoms with Crippen molar-refractivity contribution in [1.29, 1.82) is 0 Å². The summed E-state index contributed by atoms with van der Waals surface area (Å²) in [6.45, 7) is 8.96. The molecule has 59 heavy (non-hydrogen) atoms. The van der Waals surface area contributed by atoms with Crippen LogP contribution >= 0.6 is 0 Å². The lowest BCUT2D eigenvalue weighted by Crippen LogP contribution is -2.81. The maximum Gasteiger partial charge on any atom is 0.450 e. The molecule has 6 atom stereocenters. The molecule has 8 aliphatic carbocycles. The molecule has 10 rings (SSSR count). The van der Waals surface area contributed by atoms with Crippen molar-refractivity contribution < 1.29 is 91.8 Å². The molecule has 0 aromatic rings. The van der Waals surface area contributed by atoms with Gasteiger partial charge in [-0.05, 0) is 120 Å². The molecule has 0 amide bonds. The summed E-state index contributed by atoms with van der Waals surface area (Å²) in [7, 11) is 0. The summed E-state index contributed by atoms with van der Waals surface area (Å²) in [4.78, 5) is 24.2. The highest BCUT2D eigenvalue weighted by Crippen LogP contribution is 2.71. The molecule has 10 aliphatic rings. The van der Waals surface area contributed by atoms with Gasteiger partial charge in [0.1, 0.15) is 22.4 Å². The summed E-state index contributed by atoms with van der Waals surface area (Å²) in [6, 6.07) is 0. The predicted molar refractivity (Wildman–Crippen MR) is 180 cm³/mol. The quantitative estimate of drug-likeness (QED) is 0.153. The van der Waals surface area contributed by atoms with Crippen molar-refractivity contribution in [3.8, 4) is 0 Å². The Morgan fingerprint density at radius 3 is 1.39 bits per heavy atom. The van der Waals surface area contributed by atoms with Crippen molar-refractivity contribution in [3.05, 3.63) is 24.3 Å². The highest BCUT2D eigenvalue weighted by atomic mass is 19.4. The lowest BCUT2D eigenvalue weighted by molar-refractivity contribution is -0.528. The van der Waals surface area contributed by atoms with Crippen molar-refractivity contribution in [1.82, 2.24) is 0 Å². The summed E-state index contributed by atoms with van der Waals surface area (Å²) < 4.78 is 181. The number of halogens is 10. The molecule has 2 aliphatic heterocycles. The summed E-state index contributed by atoms with van der Waals surface area (Å²) in [5.41, 5.74) is -6.59. The fourth-order valence-corrected chi connectivity index (χ4v) is 12.4. The van der Waals surface area contributed by atoms with Gasteiger partial charge in [-0.15, -0.1) is 0 Å². The van der Waals surface area contributed by atoms with E-state index in [0.29, 0.717) is 12.8 Å². The van der Waals surface area contributed by atoms with Gasteiger partial charge in [0.15, 0.2) is 13.6 Å².